The zero-order chi connectivity index (χ0) is 14.6. The van der Waals surface area contributed by atoms with Gasteiger partial charge in [-0.15, -0.1) is 0 Å². The molecule has 20 heavy (non-hydrogen) atoms. The Labute approximate surface area is 121 Å². The Morgan fingerprint density at radius 1 is 1.35 bits per heavy atom. The van der Waals surface area contributed by atoms with Crippen LogP contribution in [0.25, 0.3) is 0 Å². The van der Waals surface area contributed by atoms with Crippen LogP contribution in [-0.4, -0.2) is 29.1 Å². The molecule has 1 saturated heterocycles. The Bertz CT molecular complexity index is 419. The molecule has 2 nitrogen and oxygen atoms in total. The van der Waals surface area contributed by atoms with Crippen LogP contribution in [0.5, 0.6) is 0 Å². The lowest BCUT2D eigenvalue weighted by molar-refractivity contribution is -0.137. The number of alkyl halides is 3. The first kappa shape index (κ1) is 15.5. The summed E-state index contributed by atoms with van der Waals surface area (Å²) in [6.07, 6.45) is 0.0427. The van der Waals surface area contributed by atoms with Crippen molar-refractivity contribution in [2.75, 3.05) is 23.7 Å². The van der Waals surface area contributed by atoms with Gasteiger partial charge in [0.15, 0.2) is 0 Å². The summed E-state index contributed by atoms with van der Waals surface area (Å²) in [7, 11) is 0. The highest BCUT2D eigenvalue weighted by atomic mass is 32.2. The molecule has 0 spiro atoms. The van der Waals surface area contributed by atoms with E-state index >= 15 is 0 Å². The largest absolute Gasteiger partial charge is 0.417 e. The summed E-state index contributed by atoms with van der Waals surface area (Å²) in [4.78, 5) is 6.11. The molecule has 2 heterocycles. The van der Waals surface area contributed by atoms with Crippen molar-refractivity contribution < 1.29 is 13.2 Å². The van der Waals surface area contributed by atoms with Crippen LogP contribution >= 0.6 is 11.8 Å². The molecule has 112 valence electrons. The predicted octanol–water partition coefficient (Wildman–Crippen LogP) is 4.21. The van der Waals surface area contributed by atoms with Crippen molar-refractivity contribution in [2.24, 2.45) is 0 Å². The van der Waals surface area contributed by atoms with E-state index in [-0.39, 0.29) is 0 Å². The van der Waals surface area contributed by atoms with E-state index in [4.69, 9.17) is 0 Å². The molecule has 1 aliphatic heterocycles. The van der Waals surface area contributed by atoms with Gasteiger partial charge in [0.05, 0.1) is 5.56 Å². The molecule has 2 rings (SSSR count). The van der Waals surface area contributed by atoms with Crippen molar-refractivity contribution in [3.63, 3.8) is 0 Å². The monoisotopic (exact) mass is 304 g/mol. The molecule has 0 N–H and O–H groups in total. The summed E-state index contributed by atoms with van der Waals surface area (Å²) >= 11 is 1.92. The van der Waals surface area contributed by atoms with Gasteiger partial charge in [0.2, 0.25) is 0 Å². The minimum absolute atomic E-state index is 0.548. The maximum Gasteiger partial charge on any atom is 0.417 e. The fourth-order valence-electron chi connectivity index (χ4n) is 2.42. The lowest BCUT2D eigenvalue weighted by Gasteiger charge is -2.25. The van der Waals surface area contributed by atoms with Crippen LogP contribution in [0.3, 0.4) is 0 Å². The number of nitrogens with zero attached hydrogens (tertiary/aromatic N) is 2. The zero-order valence-electron chi connectivity index (χ0n) is 11.5. The number of pyridine rings is 1. The third kappa shape index (κ3) is 4.04. The van der Waals surface area contributed by atoms with Crippen LogP contribution < -0.4 is 4.90 Å². The van der Waals surface area contributed by atoms with Gasteiger partial charge in [-0.3, -0.25) is 0 Å². The smallest absolute Gasteiger partial charge is 0.356 e. The molecule has 0 amide bonds. The lowest BCUT2D eigenvalue weighted by atomic mass is 10.2. The van der Waals surface area contributed by atoms with Gasteiger partial charge in [0, 0.05) is 24.5 Å². The average Bonchev–Trinajstić information content (AvgIpc) is 2.64. The summed E-state index contributed by atoms with van der Waals surface area (Å²) in [5.74, 6) is 1.72. The minimum Gasteiger partial charge on any atom is -0.356 e. The SMILES string of the molecule is CCSC1CCCCN(c2ccc(C(F)(F)F)cn2)C1. The van der Waals surface area contributed by atoms with Gasteiger partial charge in [0.1, 0.15) is 5.82 Å². The van der Waals surface area contributed by atoms with Crippen molar-refractivity contribution in [3.05, 3.63) is 23.9 Å². The molecule has 0 bridgehead atoms. The van der Waals surface area contributed by atoms with E-state index in [0.717, 1.165) is 37.5 Å². The van der Waals surface area contributed by atoms with Crippen LogP contribution in [0.4, 0.5) is 19.0 Å². The molecular formula is C14H19F3N2S. The average molecular weight is 304 g/mol. The first-order valence-corrected chi connectivity index (χ1v) is 7.95. The second-order valence-corrected chi connectivity index (χ2v) is 6.50. The second kappa shape index (κ2) is 6.70. The van der Waals surface area contributed by atoms with Gasteiger partial charge in [-0.05, 0) is 30.7 Å². The number of hydrogen-bond donors (Lipinski definition) is 0. The first-order valence-electron chi connectivity index (χ1n) is 6.90. The fourth-order valence-corrected chi connectivity index (χ4v) is 3.51. The standard InChI is InChI=1S/C14H19F3N2S/c1-2-20-12-5-3-4-8-19(10-12)13-7-6-11(9-18-13)14(15,16)17/h6-7,9,12H,2-5,8,10H2,1H3. The van der Waals surface area contributed by atoms with Crippen LogP contribution in [0, 0.1) is 0 Å². The fraction of sp³-hybridized carbons (Fsp3) is 0.643. The van der Waals surface area contributed by atoms with Crippen molar-refractivity contribution in [2.45, 2.75) is 37.6 Å². The first-order chi connectivity index (χ1) is 9.50. The summed E-state index contributed by atoms with van der Waals surface area (Å²) in [6, 6.07) is 2.61. The van der Waals surface area contributed by atoms with Crippen LogP contribution in [0.1, 0.15) is 31.7 Å². The van der Waals surface area contributed by atoms with Crippen LogP contribution in [0.15, 0.2) is 18.3 Å². The van der Waals surface area contributed by atoms with Gasteiger partial charge < -0.3 is 4.90 Å². The van der Waals surface area contributed by atoms with Crippen molar-refractivity contribution >= 4 is 17.6 Å². The lowest BCUT2D eigenvalue weighted by Crippen LogP contribution is -2.30. The van der Waals surface area contributed by atoms with E-state index in [1.807, 2.05) is 11.8 Å². The number of aromatic nitrogens is 1. The van der Waals surface area contributed by atoms with E-state index in [0.29, 0.717) is 11.1 Å². The maximum absolute atomic E-state index is 12.5. The van der Waals surface area contributed by atoms with E-state index in [1.54, 1.807) is 0 Å². The van der Waals surface area contributed by atoms with Crippen molar-refractivity contribution in [1.29, 1.82) is 0 Å². The molecule has 6 heteroatoms. The van der Waals surface area contributed by atoms with Gasteiger partial charge in [-0.2, -0.15) is 24.9 Å². The molecule has 0 aliphatic carbocycles. The topological polar surface area (TPSA) is 16.1 Å². The summed E-state index contributed by atoms with van der Waals surface area (Å²) < 4.78 is 37.6. The quantitative estimate of drug-likeness (QED) is 0.832. The molecule has 0 radical (unpaired) electrons. The molecule has 1 atom stereocenters. The van der Waals surface area contributed by atoms with Crippen molar-refractivity contribution in [3.8, 4) is 0 Å². The summed E-state index contributed by atoms with van der Waals surface area (Å²) in [5.41, 5.74) is -0.685. The summed E-state index contributed by atoms with van der Waals surface area (Å²) in [5, 5.41) is 0.548. The summed E-state index contributed by atoms with van der Waals surface area (Å²) in [6.45, 7) is 3.88. The Kier molecular flexibility index (Phi) is 5.18. The normalized spacial score (nSPS) is 20.8. The van der Waals surface area contributed by atoms with E-state index in [1.165, 1.54) is 18.9 Å². The number of anilines is 1. The Morgan fingerprint density at radius 2 is 2.15 bits per heavy atom. The third-order valence-electron chi connectivity index (χ3n) is 3.43. The van der Waals surface area contributed by atoms with E-state index in [9.17, 15) is 13.2 Å². The molecule has 0 saturated carbocycles. The van der Waals surface area contributed by atoms with E-state index < -0.39 is 11.7 Å². The molecule has 0 aromatic carbocycles. The number of rotatable bonds is 3. The van der Waals surface area contributed by atoms with Crippen molar-refractivity contribution in [1.82, 2.24) is 4.98 Å². The molecule has 1 aromatic heterocycles. The molecule has 1 fully saturated rings. The highest BCUT2D eigenvalue weighted by Gasteiger charge is 2.31. The molecule has 1 aliphatic rings. The van der Waals surface area contributed by atoms with Gasteiger partial charge in [0.25, 0.3) is 0 Å². The Balaban J connectivity index is 2.09. The maximum atomic E-state index is 12.5. The highest BCUT2D eigenvalue weighted by Crippen LogP contribution is 2.30. The van der Waals surface area contributed by atoms with Gasteiger partial charge in [-0.1, -0.05) is 13.3 Å². The Morgan fingerprint density at radius 3 is 2.75 bits per heavy atom. The number of hydrogen-bond acceptors (Lipinski definition) is 3. The zero-order valence-corrected chi connectivity index (χ0v) is 12.3. The van der Waals surface area contributed by atoms with Gasteiger partial charge in [-0.25, -0.2) is 4.98 Å². The number of halogens is 3. The highest BCUT2D eigenvalue weighted by molar-refractivity contribution is 7.99. The van der Waals surface area contributed by atoms with Crippen LogP contribution in [-0.2, 0) is 6.18 Å². The predicted molar refractivity (Wildman–Crippen MR) is 77.2 cm³/mol. The minimum atomic E-state index is -4.31. The molecule has 1 unspecified atom stereocenters. The van der Waals surface area contributed by atoms with E-state index in [2.05, 4.69) is 16.8 Å². The third-order valence-corrected chi connectivity index (χ3v) is 4.62. The van der Waals surface area contributed by atoms with Crippen LogP contribution in [0.2, 0.25) is 0 Å². The Hall–Kier alpha value is -0.910. The molecule has 1 aromatic rings. The molecular weight excluding hydrogens is 285 g/mol. The second-order valence-electron chi connectivity index (χ2n) is 4.92. The number of thioether (sulfide) groups is 1. The van der Waals surface area contributed by atoms with Gasteiger partial charge >= 0.3 is 6.18 Å².